The van der Waals surface area contributed by atoms with E-state index < -0.39 is 5.82 Å². The maximum Gasteiger partial charge on any atom is 0.321 e. The molecule has 1 fully saturated rings. The minimum absolute atomic E-state index is 0.0864. The molecule has 0 aliphatic carbocycles. The molecular weight excluding hydrogens is 321 g/mol. The lowest BCUT2D eigenvalue weighted by Gasteiger charge is -2.33. The van der Waals surface area contributed by atoms with E-state index in [2.05, 4.69) is 28.4 Å². The Kier molecular flexibility index (Phi) is 5.73. The van der Waals surface area contributed by atoms with Crippen molar-refractivity contribution in [2.75, 3.05) is 19.7 Å². The van der Waals surface area contributed by atoms with Crippen molar-refractivity contribution in [2.45, 2.75) is 26.0 Å². The van der Waals surface area contributed by atoms with Crippen LogP contribution in [0, 0.1) is 5.82 Å². The van der Waals surface area contributed by atoms with Crippen molar-refractivity contribution < 1.29 is 13.9 Å². The van der Waals surface area contributed by atoms with E-state index in [1.165, 1.54) is 6.07 Å². The summed E-state index contributed by atoms with van der Waals surface area (Å²) in [4.78, 5) is 10.6. The van der Waals surface area contributed by atoms with Crippen molar-refractivity contribution in [1.29, 1.82) is 0 Å². The highest BCUT2D eigenvalue weighted by molar-refractivity contribution is 5.26. The lowest BCUT2D eigenvalue weighted by molar-refractivity contribution is -0.0133. The van der Waals surface area contributed by atoms with Crippen LogP contribution in [-0.4, -0.2) is 40.7 Å². The standard InChI is InChI=1S/C19H22FN3O2/c1-3-14(2)18-13-23(8-9-24-18)12-15-10-21-19(22-11-15)25-17-7-5-4-6-16(17)20/h4-7,10-11,18H,2-3,8-9,12-13H2,1H3/t18-/m0/s1. The first kappa shape index (κ1) is 17.5. The highest BCUT2D eigenvalue weighted by Gasteiger charge is 2.22. The number of para-hydroxylation sites is 1. The van der Waals surface area contributed by atoms with Gasteiger partial charge in [-0.2, -0.15) is 0 Å². The first-order chi connectivity index (χ1) is 12.2. The fraction of sp³-hybridized carbons (Fsp3) is 0.368. The quantitative estimate of drug-likeness (QED) is 0.751. The van der Waals surface area contributed by atoms with E-state index in [1.807, 2.05) is 0 Å². The molecule has 132 valence electrons. The number of halogens is 1. The van der Waals surface area contributed by atoms with E-state index in [0.29, 0.717) is 6.61 Å². The second-order valence-electron chi connectivity index (χ2n) is 6.01. The van der Waals surface area contributed by atoms with Gasteiger partial charge in [0.05, 0.1) is 12.7 Å². The number of ether oxygens (including phenoxy) is 2. The number of hydrogen-bond acceptors (Lipinski definition) is 5. The molecule has 3 rings (SSSR count). The molecule has 25 heavy (non-hydrogen) atoms. The normalized spacial score (nSPS) is 18.1. The third-order valence-electron chi connectivity index (χ3n) is 4.19. The molecule has 1 saturated heterocycles. The molecule has 2 aromatic rings. The van der Waals surface area contributed by atoms with Gasteiger partial charge < -0.3 is 9.47 Å². The van der Waals surface area contributed by atoms with Crippen molar-refractivity contribution >= 4 is 0 Å². The summed E-state index contributed by atoms with van der Waals surface area (Å²) in [5, 5.41) is 0. The molecule has 0 saturated carbocycles. The summed E-state index contributed by atoms with van der Waals surface area (Å²) in [7, 11) is 0. The molecule has 5 nitrogen and oxygen atoms in total. The van der Waals surface area contributed by atoms with Gasteiger partial charge >= 0.3 is 6.01 Å². The third kappa shape index (κ3) is 4.61. The summed E-state index contributed by atoms with van der Waals surface area (Å²) in [6.07, 6.45) is 4.43. The number of rotatable bonds is 6. The topological polar surface area (TPSA) is 47.5 Å². The van der Waals surface area contributed by atoms with Gasteiger partial charge in [0.1, 0.15) is 0 Å². The molecular formula is C19H22FN3O2. The second kappa shape index (κ2) is 8.18. The summed E-state index contributed by atoms with van der Waals surface area (Å²) >= 11 is 0. The second-order valence-corrected chi connectivity index (χ2v) is 6.01. The van der Waals surface area contributed by atoms with Crippen LogP contribution in [0.5, 0.6) is 11.8 Å². The molecule has 0 bridgehead atoms. The largest absolute Gasteiger partial charge is 0.421 e. The van der Waals surface area contributed by atoms with Gasteiger partial charge in [0.2, 0.25) is 0 Å². The smallest absolute Gasteiger partial charge is 0.321 e. The highest BCUT2D eigenvalue weighted by atomic mass is 19.1. The number of aromatic nitrogens is 2. The Morgan fingerprint density at radius 1 is 1.36 bits per heavy atom. The Bertz CT molecular complexity index is 721. The molecule has 1 aliphatic rings. The Hall–Kier alpha value is -2.31. The Morgan fingerprint density at radius 3 is 2.84 bits per heavy atom. The SMILES string of the molecule is C=C(CC)[C@@H]1CN(Cc2cnc(Oc3ccccc3F)nc2)CCO1. The summed E-state index contributed by atoms with van der Waals surface area (Å²) in [5.74, 6) is -0.324. The van der Waals surface area contributed by atoms with Crippen LogP contribution in [0.25, 0.3) is 0 Å². The average Bonchev–Trinajstić information content (AvgIpc) is 2.65. The molecule has 6 heteroatoms. The van der Waals surface area contributed by atoms with Gasteiger partial charge in [0.15, 0.2) is 11.6 Å². The van der Waals surface area contributed by atoms with Crippen molar-refractivity contribution in [3.05, 3.63) is 60.2 Å². The third-order valence-corrected chi connectivity index (χ3v) is 4.19. The molecule has 0 radical (unpaired) electrons. The lowest BCUT2D eigenvalue weighted by atomic mass is 10.1. The van der Waals surface area contributed by atoms with E-state index in [-0.39, 0.29) is 17.9 Å². The highest BCUT2D eigenvalue weighted by Crippen LogP contribution is 2.21. The van der Waals surface area contributed by atoms with E-state index in [9.17, 15) is 4.39 Å². The monoisotopic (exact) mass is 343 g/mol. The molecule has 0 N–H and O–H groups in total. The zero-order valence-electron chi connectivity index (χ0n) is 14.3. The van der Waals surface area contributed by atoms with Crippen LogP contribution in [0.2, 0.25) is 0 Å². The minimum Gasteiger partial charge on any atom is -0.421 e. The predicted molar refractivity (Wildman–Crippen MR) is 93.0 cm³/mol. The summed E-state index contributed by atoms with van der Waals surface area (Å²) in [6, 6.07) is 6.32. The fourth-order valence-corrected chi connectivity index (χ4v) is 2.68. The van der Waals surface area contributed by atoms with Crippen LogP contribution < -0.4 is 4.74 Å². The molecule has 2 heterocycles. The van der Waals surface area contributed by atoms with Gasteiger partial charge in [-0.05, 0) is 24.1 Å². The Labute approximate surface area is 147 Å². The van der Waals surface area contributed by atoms with Gasteiger partial charge in [-0.15, -0.1) is 0 Å². The van der Waals surface area contributed by atoms with Gasteiger partial charge in [0, 0.05) is 37.6 Å². The van der Waals surface area contributed by atoms with Crippen molar-refractivity contribution in [3.63, 3.8) is 0 Å². The number of hydrogen-bond donors (Lipinski definition) is 0. The first-order valence-corrected chi connectivity index (χ1v) is 8.40. The molecule has 0 unspecified atom stereocenters. The number of benzene rings is 1. The van der Waals surface area contributed by atoms with Crippen LogP contribution in [0.1, 0.15) is 18.9 Å². The average molecular weight is 343 g/mol. The van der Waals surface area contributed by atoms with Gasteiger partial charge in [-0.1, -0.05) is 25.6 Å². The fourth-order valence-electron chi connectivity index (χ4n) is 2.68. The van der Waals surface area contributed by atoms with Gasteiger partial charge in [0.25, 0.3) is 0 Å². The lowest BCUT2D eigenvalue weighted by Crippen LogP contribution is -2.42. The van der Waals surface area contributed by atoms with E-state index in [1.54, 1.807) is 30.6 Å². The van der Waals surface area contributed by atoms with Crippen LogP contribution >= 0.6 is 0 Å². The van der Waals surface area contributed by atoms with E-state index in [4.69, 9.17) is 9.47 Å². The number of morpholine rings is 1. The molecule has 1 aromatic carbocycles. The van der Waals surface area contributed by atoms with Crippen LogP contribution in [0.4, 0.5) is 4.39 Å². The minimum atomic E-state index is -0.439. The van der Waals surface area contributed by atoms with Crippen molar-refractivity contribution in [1.82, 2.24) is 14.9 Å². The maximum absolute atomic E-state index is 13.6. The molecule has 1 atom stereocenters. The summed E-state index contributed by atoms with van der Waals surface area (Å²) in [5.41, 5.74) is 2.10. The molecule has 0 spiro atoms. The first-order valence-electron chi connectivity index (χ1n) is 8.40. The van der Waals surface area contributed by atoms with Gasteiger partial charge in [-0.25, -0.2) is 14.4 Å². The molecule has 0 amide bonds. The van der Waals surface area contributed by atoms with Crippen LogP contribution in [0.3, 0.4) is 0 Å². The molecule has 1 aromatic heterocycles. The summed E-state index contributed by atoms with van der Waals surface area (Å²) < 4.78 is 24.7. The maximum atomic E-state index is 13.6. The van der Waals surface area contributed by atoms with E-state index in [0.717, 1.165) is 37.2 Å². The Morgan fingerprint density at radius 2 is 2.12 bits per heavy atom. The predicted octanol–water partition coefficient (Wildman–Crippen LogP) is 3.58. The van der Waals surface area contributed by atoms with Crippen molar-refractivity contribution in [3.8, 4) is 11.8 Å². The van der Waals surface area contributed by atoms with Crippen LogP contribution in [0.15, 0.2) is 48.8 Å². The zero-order chi connectivity index (χ0) is 17.6. The van der Waals surface area contributed by atoms with E-state index >= 15 is 0 Å². The zero-order valence-corrected chi connectivity index (χ0v) is 14.3. The van der Waals surface area contributed by atoms with Crippen molar-refractivity contribution in [2.24, 2.45) is 0 Å². The Balaban J connectivity index is 1.59. The summed E-state index contributed by atoms with van der Waals surface area (Å²) in [6.45, 7) is 9.27. The van der Waals surface area contributed by atoms with Gasteiger partial charge in [-0.3, -0.25) is 4.90 Å². The van der Waals surface area contributed by atoms with Crippen LogP contribution in [-0.2, 0) is 11.3 Å². The molecule has 1 aliphatic heterocycles. The number of nitrogens with zero attached hydrogens (tertiary/aromatic N) is 3.